The molecule has 1 unspecified atom stereocenters. The van der Waals surface area contributed by atoms with E-state index in [1.165, 1.54) is 0 Å². The van der Waals surface area contributed by atoms with E-state index in [0.29, 0.717) is 18.2 Å². The van der Waals surface area contributed by atoms with Gasteiger partial charge in [-0.25, -0.2) is 4.98 Å². The van der Waals surface area contributed by atoms with Gasteiger partial charge in [0.25, 0.3) is 5.56 Å². The van der Waals surface area contributed by atoms with E-state index in [4.69, 9.17) is 21.3 Å². The van der Waals surface area contributed by atoms with Crippen molar-refractivity contribution < 1.29 is 4.74 Å². The van der Waals surface area contributed by atoms with Gasteiger partial charge in [-0.3, -0.25) is 9.36 Å². The molecule has 0 radical (unpaired) electrons. The van der Waals surface area contributed by atoms with Crippen LogP contribution in [0.1, 0.15) is 49.6 Å². The van der Waals surface area contributed by atoms with E-state index in [1.807, 2.05) is 24.3 Å². The van der Waals surface area contributed by atoms with E-state index in [2.05, 4.69) is 20.8 Å². The molecule has 154 valence electrons. The van der Waals surface area contributed by atoms with E-state index in [0.717, 1.165) is 56.4 Å². The van der Waals surface area contributed by atoms with E-state index >= 15 is 0 Å². The molecular weight excluding hydrogens is 424 g/mol. The summed E-state index contributed by atoms with van der Waals surface area (Å²) in [6.07, 6.45) is 2.69. The molecule has 2 aromatic heterocycles. The molecule has 3 heterocycles. The summed E-state index contributed by atoms with van der Waals surface area (Å²) in [4.78, 5) is 20.6. The predicted molar refractivity (Wildman–Crippen MR) is 123 cm³/mol. The highest BCUT2D eigenvalue weighted by Crippen LogP contribution is 2.39. The average Bonchev–Trinajstić information content (AvgIpc) is 3.07. The number of thiophene rings is 1. The Bertz CT molecular complexity index is 1110. The molecular formula is C22H25ClN2O2S2. The smallest absolute Gasteiger partial charge is 0.263 e. The zero-order chi connectivity index (χ0) is 20.6. The Morgan fingerprint density at radius 2 is 2.14 bits per heavy atom. The van der Waals surface area contributed by atoms with E-state index in [9.17, 15) is 4.79 Å². The Morgan fingerprint density at radius 1 is 1.34 bits per heavy atom. The molecule has 0 saturated carbocycles. The van der Waals surface area contributed by atoms with Crippen molar-refractivity contribution in [3.8, 4) is 0 Å². The second-order valence-electron chi connectivity index (χ2n) is 7.68. The van der Waals surface area contributed by atoms with Gasteiger partial charge in [-0.15, -0.1) is 11.3 Å². The highest BCUT2D eigenvalue weighted by atomic mass is 35.5. The van der Waals surface area contributed by atoms with Gasteiger partial charge in [0, 0.05) is 22.1 Å². The third-order valence-electron chi connectivity index (χ3n) is 5.53. The van der Waals surface area contributed by atoms with Gasteiger partial charge in [0.1, 0.15) is 4.83 Å². The summed E-state index contributed by atoms with van der Waals surface area (Å²) in [5.74, 6) is 0.919. The van der Waals surface area contributed by atoms with Crippen LogP contribution >= 0.6 is 34.7 Å². The van der Waals surface area contributed by atoms with Crippen molar-refractivity contribution in [3.05, 3.63) is 55.6 Å². The number of fused-ring (bicyclic) bond motifs is 3. The van der Waals surface area contributed by atoms with E-state index in [-0.39, 0.29) is 11.2 Å². The standard InChI is InChI=1S/C22H25ClN2O2S2/c1-4-10-28-21-24-19-18(15-11-22(3,5-2)27-13-17(15)29-19)20(26)25(21)12-14-8-6-7-9-16(14)23/h6-9H,4-5,10-13H2,1-3H3. The quantitative estimate of drug-likeness (QED) is 0.347. The zero-order valence-corrected chi connectivity index (χ0v) is 19.3. The fourth-order valence-electron chi connectivity index (χ4n) is 3.60. The maximum absolute atomic E-state index is 13.7. The SMILES string of the molecule is CCCSc1nc2sc3c(c2c(=O)n1Cc1ccccc1Cl)CC(C)(CC)OC3. The number of ether oxygens (including phenoxy) is 1. The molecule has 1 aromatic carbocycles. The Kier molecular flexibility index (Phi) is 6.07. The van der Waals surface area contributed by atoms with Crippen LogP contribution in [0.25, 0.3) is 10.2 Å². The van der Waals surface area contributed by atoms with Gasteiger partial charge in [-0.05, 0) is 37.0 Å². The van der Waals surface area contributed by atoms with Crippen LogP contribution in [-0.2, 0) is 24.3 Å². The number of halogens is 1. The number of aromatic nitrogens is 2. The fourth-order valence-corrected chi connectivity index (χ4v) is 5.79. The van der Waals surface area contributed by atoms with Gasteiger partial charge in [0.2, 0.25) is 0 Å². The van der Waals surface area contributed by atoms with Gasteiger partial charge in [0.05, 0.1) is 24.1 Å². The summed E-state index contributed by atoms with van der Waals surface area (Å²) in [6.45, 7) is 7.38. The van der Waals surface area contributed by atoms with E-state index < -0.39 is 0 Å². The van der Waals surface area contributed by atoms with Gasteiger partial charge in [0.15, 0.2) is 5.16 Å². The molecule has 7 heteroatoms. The average molecular weight is 449 g/mol. The molecule has 1 atom stereocenters. The molecule has 0 N–H and O–H groups in total. The molecule has 0 aliphatic carbocycles. The van der Waals surface area contributed by atoms with E-state index in [1.54, 1.807) is 27.7 Å². The van der Waals surface area contributed by atoms with Gasteiger partial charge in [-0.2, -0.15) is 0 Å². The summed E-state index contributed by atoms with van der Waals surface area (Å²) in [5, 5.41) is 2.20. The van der Waals surface area contributed by atoms with Crippen LogP contribution in [0.4, 0.5) is 0 Å². The molecule has 0 spiro atoms. The first kappa shape index (κ1) is 20.9. The van der Waals surface area contributed by atoms with Crippen LogP contribution in [0, 0.1) is 0 Å². The predicted octanol–water partition coefficient (Wildman–Crippen LogP) is 5.90. The highest BCUT2D eigenvalue weighted by molar-refractivity contribution is 7.99. The molecule has 0 saturated heterocycles. The summed E-state index contributed by atoms with van der Waals surface area (Å²) in [5.41, 5.74) is 1.86. The monoisotopic (exact) mass is 448 g/mol. The third kappa shape index (κ3) is 4.00. The summed E-state index contributed by atoms with van der Waals surface area (Å²) < 4.78 is 7.90. The molecule has 1 aliphatic rings. The number of nitrogens with zero attached hydrogens (tertiary/aromatic N) is 2. The maximum Gasteiger partial charge on any atom is 0.263 e. The van der Waals surface area contributed by atoms with Gasteiger partial charge in [-0.1, -0.05) is 55.4 Å². The molecule has 3 aromatic rings. The first-order valence-electron chi connectivity index (χ1n) is 10.0. The van der Waals surface area contributed by atoms with Crippen molar-refractivity contribution in [2.24, 2.45) is 0 Å². The maximum atomic E-state index is 13.7. The molecule has 4 rings (SSSR count). The van der Waals surface area contributed by atoms with Crippen LogP contribution in [0.15, 0.2) is 34.2 Å². The number of rotatable bonds is 6. The van der Waals surface area contributed by atoms with Gasteiger partial charge < -0.3 is 4.74 Å². The lowest BCUT2D eigenvalue weighted by Crippen LogP contribution is -2.34. The van der Waals surface area contributed by atoms with Crippen molar-refractivity contribution in [1.82, 2.24) is 9.55 Å². The number of hydrogen-bond donors (Lipinski definition) is 0. The summed E-state index contributed by atoms with van der Waals surface area (Å²) in [6, 6.07) is 7.69. The number of hydrogen-bond acceptors (Lipinski definition) is 5. The molecule has 29 heavy (non-hydrogen) atoms. The van der Waals surface area contributed by atoms with Crippen molar-refractivity contribution in [1.29, 1.82) is 0 Å². The number of thioether (sulfide) groups is 1. The second-order valence-corrected chi connectivity index (χ2v) is 10.2. The minimum absolute atomic E-state index is 0.0337. The van der Waals surface area contributed by atoms with Crippen LogP contribution < -0.4 is 5.56 Å². The molecule has 1 aliphatic heterocycles. The number of benzene rings is 1. The minimum Gasteiger partial charge on any atom is -0.369 e. The lowest BCUT2D eigenvalue weighted by atomic mass is 9.90. The van der Waals surface area contributed by atoms with Crippen molar-refractivity contribution in [3.63, 3.8) is 0 Å². The normalized spacial score (nSPS) is 18.9. The molecule has 0 bridgehead atoms. The minimum atomic E-state index is -0.226. The van der Waals surface area contributed by atoms with Crippen LogP contribution in [-0.4, -0.2) is 20.9 Å². The Morgan fingerprint density at radius 3 is 2.86 bits per heavy atom. The van der Waals surface area contributed by atoms with Crippen molar-refractivity contribution in [2.75, 3.05) is 5.75 Å². The first-order valence-corrected chi connectivity index (χ1v) is 12.2. The zero-order valence-electron chi connectivity index (χ0n) is 17.0. The topological polar surface area (TPSA) is 44.1 Å². The Hall–Kier alpha value is -1.34. The molecule has 4 nitrogen and oxygen atoms in total. The summed E-state index contributed by atoms with van der Waals surface area (Å²) in [7, 11) is 0. The van der Waals surface area contributed by atoms with Crippen LogP contribution in [0.3, 0.4) is 0 Å². The van der Waals surface area contributed by atoms with Crippen LogP contribution in [0.2, 0.25) is 5.02 Å². The van der Waals surface area contributed by atoms with Crippen molar-refractivity contribution >= 4 is 44.9 Å². The third-order valence-corrected chi connectivity index (χ3v) is 8.18. The first-order chi connectivity index (χ1) is 14.0. The largest absolute Gasteiger partial charge is 0.369 e. The Balaban J connectivity index is 1.88. The Labute approximate surface area is 184 Å². The van der Waals surface area contributed by atoms with Gasteiger partial charge >= 0.3 is 0 Å². The molecule has 0 fully saturated rings. The fraction of sp³-hybridized carbons (Fsp3) is 0.455. The lowest BCUT2D eigenvalue weighted by Gasteiger charge is -2.32. The summed E-state index contributed by atoms with van der Waals surface area (Å²) >= 11 is 9.63. The van der Waals surface area contributed by atoms with Crippen LogP contribution in [0.5, 0.6) is 0 Å². The van der Waals surface area contributed by atoms with Crippen molar-refractivity contribution in [2.45, 2.75) is 63.9 Å². The lowest BCUT2D eigenvalue weighted by molar-refractivity contribution is -0.0543. The molecule has 0 amide bonds. The second kappa shape index (κ2) is 8.42. The highest BCUT2D eigenvalue weighted by Gasteiger charge is 2.33.